The number of hydrogen-bond acceptors (Lipinski definition) is 2. The molecule has 0 radical (unpaired) electrons. The van der Waals surface area contributed by atoms with Crippen LogP contribution in [0.2, 0.25) is 5.22 Å². The smallest absolute Gasteiger partial charge is 0.194 e. The Bertz CT molecular complexity index is 449. The molecule has 0 fully saturated rings. The van der Waals surface area contributed by atoms with Gasteiger partial charge in [-0.1, -0.05) is 19.1 Å². The third kappa shape index (κ3) is 1.63. The number of benzene rings is 1. The summed E-state index contributed by atoms with van der Waals surface area (Å²) >= 11 is 5.76. The van der Waals surface area contributed by atoms with Crippen molar-refractivity contribution in [2.24, 2.45) is 5.73 Å². The Hall–Kier alpha value is -0.990. The van der Waals surface area contributed by atoms with Gasteiger partial charge in [-0.3, -0.25) is 0 Å². The maximum Gasteiger partial charge on any atom is 0.194 e. The number of rotatable bonds is 2. The molecule has 1 aromatic heterocycles. The van der Waals surface area contributed by atoms with E-state index in [2.05, 4.69) is 13.0 Å². The highest BCUT2D eigenvalue weighted by atomic mass is 35.5. The van der Waals surface area contributed by atoms with Crippen LogP contribution in [0.1, 0.15) is 18.4 Å². The monoisotopic (exact) mass is 209 g/mol. The van der Waals surface area contributed by atoms with E-state index in [0.29, 0.717) is 17.7 Å². The maximum absolute atomic E-state index is 5.76. The zero-order chi connectivity index (χ0) is 10.1. The summed E-state index contributed by atoms with van der Waals surface area (Å²) in [7, 11) is 0. The van der Waals surface area contributed by atoms with Crippen molar-refractivity contribution >= 4 is 22.6 Å². The van der Waals surface area contributed by atoms with Crippen LogP contribution < -0.4 is 5.73 Å². The Labute approximate surface area is 87.6 Å². The second-order valence-corrected chi connectivity index (χ2v) is 3.86. The highest BCUT2D eigenvalue weighted by molar-refractivity contribution is 6.29. The van der Waals surface area contributed by atoms with E-state index >= 15 is 0 Å². The van der Waals surface area contributed by atoms with Crippen molar-refractivity contribution in [1.29, 1.82) is 0 Å². The van der Waals surface area contributed by atoms with Crippen molar-refractivity contribution in [3.8, 4) is 0 Å². The normalized spacial score (nSPS) is 13.4. The lowest BCUT2D eigenvalue weighted by Crippen LogP contribution is -2.08. The first-order chi connectivity index (χ1) is 6.70. The fraction of sp³-hybridized carbons (Fsp3) is 0.273. The molecule has 0 amide bonds. The molecule has 1 heterocycles. The van der Waals surface area contributed by atoms with Crippen molar-refractivity contribution < 1.29 is 4.42 Å². The summed E-state index contributed by atoms with van der Waals surface area (Å²) in [5, 5.41) is 1.46. The van der Waals surface area contributed by atoms with Gasteiger partial charge in [0, 0.05) is 11.5 Å². The predicted molar refractivity (Wildman–Crippen MR) is 58.7 cm³/mol. The van der Waals surface area contributed by atoms with Gasteiger partial charge in [-0.15, -0.1) is 0 Å². The van der Waals surface area contributed by atoms with E-state index < -0.39 is 0 Å². The van der Waals surface area contributed by atoms with E-state index in [9.17, 15) is 0 Å². The number of halogens is 1. The van der Waals surface area contributed by atoms with Gasteiger partial charge in [0.05, 0.1) is 0 Å². The van der Waals surface area contributed by atoms with E-state index in [1.165, 1.54) is 5.56 Å². The first-order valence-electron chi connectivity index (χ1n) is 4.60. The quantitative estimate of drug-likeness (QED) is 0.826. The van der Waals surface area contributed by atoms with E-state index in [1.807, 2.05) is 18.2 Å². The van der Waals surface area contributed by atoms with Crippen LogP contribution in [0.3, 0.4) is 0 Å². The Morgan fingerprint density at radius 1 is 1.43 bits per heavy atom. The molecule has 3 heteroatoms. The van der Waals surface area contributed by atoms with Gasteiger partial charge in [-0.25, -0.2) is 0 Å². The highest BCUT2D eigenvalue weighted by Crippen LogP contribution is 2.26. The Kier molecular flexibility index (Phi) is 2.48. The zero-order valence-corrected chi connectivity index (χ0v) is 8.71. The van der Waals surface area contributed by atoms with Crippen LogP contribution in [0.4, 0.5) is 0 Å². The zero-order valence-electron chi connectivity index (χ0n) is 7.96. The van der Waals surface area contributed by atoms with Gasteiger partial charge in [-0.2, -0.15) is 0 Å². The predicted octanol–water partition coefficient (Wildman–Crippen LogP) is 3.15. The molecule has 0 saturated heterocycles. The Balaban J connectivity index is 2.50. The van der Waals surface area contributed by atoms with Crippen LogP contribution in [0.15, 0.2) is 28.7 Å². The fourth-order valence-corrected chi connectivity index (χ4v) is 1.66. The fourth-order valence-electron chi connectivity index (χ4n) is 1.46. The van der Waals surface area contributed by atoms with Crippen LogP contribution in [-0.4, -0.2) is 6.54 Å². The highest BCUT2D eigenvalue weighted by Gasteiger charge is 2.06. The molecule has 2 N–H and O–H groups in total. The van der Waals surface area contributed by atoms with E-state index in [1.54, 1.807) is 0 Å². The molecule has 74 valence electrons. The molecule has 0 aliphatic rings. The first kappa shape index (κ1) is 9.56. The summed E-state index contributed by atoms with van der Waals surface area (Å²) in [6.45, 7) is 2.73. The largest absolute Gasteiger partial charge is 0.445 e. The number of hydrogen-bond donors (Lipinski definition) is 1. The third-order valence-corrected chi connectivity index (χ3v) is 2.62. The molecule has 1 aromatic carbocycles. The van der Waals surface area contributed by atoms with Crippen LogP contribution in [0.5, 0.6) is 0 Å². The molecule has 0 spiro atoms. The summed E-state index contributed by atoms with van der Waals surface area (Å²) in [6, 6.07) is 7.88. The number of nitrogens with two attached hydrogens (primary N) is 1. The van der Waals surface area contributed by atoms with E-state index in [4.69, 9.17) is 21.8 Å². The van der Waals surface area contributed by atoms with Crippen molar-refractivity contribution in [2.75, 3.05) is 6.54 Å². The molecule has 2 aromatic rings. The molecular formula is C11H12ClNO. The average Bonchev–Trinajstić information content (AvgIpc) is 2.55. The van der Waals surface area contributed by atoms with E-state index in [0.717, 1.165) is 11.0 Å². The van der Waals surface area contributed by atoms with Crippen LogP contribution >= 0.6 is 11.6 Å². The van der Waals surface area contributed by atoms with Crippen LogP contribution in [-0.2, 0) is 0 Å². The topological polar surface area (TPSA) is 39.2 Å². The standard InChI is InChI=1S/C11H12ClNO/c1-7(6-13)8-2-3-9-5-11(12)14-10(9)4-8/h2-5,7H,6,13H2,1H3. The maximum atomic E-state index is 5.76. The number of furan rings is 1. The van der Waals surface area contributed by atoms with Crippen molar-refractivity contribution in [2.45, 2.75) is 12.8 Å². The van der Waals surface area contributed by atoms with Gasteiger partial charge in [0.2, 0.25) is 0 Å². The Morgan fingerprint density at radius 3 is 2.93 bits per heavy atom. The lowest BCUT2D eigenvalue weighted by molar-refractivity contribution is 0.616. The summed E-state index contributed by atoms with van der Waals surface area (Å²) in [4.78, 5) is 0. The summed E-state index contributed by atoms with van der Waals surface area (Å²) in [5.74, 6) is 0.350. The second-order valence-electron chi connectivity index (χ2n) is 3.48. The van der Waals surface area contributed by atoms with Gasteiger partial charge in [0.25, 0.3) is 0 Å². The second kappa shape index (κ2) is 3.64. The molecule has 1 unspecified atom stereocenters. The molecule has 0 bridgehead atoms. The van der Waals surface area contributed by atoms with Crippen LogP contribution in [0.25, 0.3) is 11.0 Å². The minimum atomic E-state index is 0.350. The lowest BCUT2D eigenvalue weighted by atomic mass is 10.0. The molecular weight excluding hydrogens is 198 g/mol. The summed E-state index contributed by atoms with van der Waals surface area (Å²) in [5.41, 5.74) is 7.61. The molecule has 2 nitrogen and oxygen atoms in total. The van der Waals surface area contributed by atoms with Crippen molar-refractivity contribution in [3.63, 3.8) is 0 Å². The van der Waals surface area contributed by atoms with Crippen molar-refractivity contribution in [3.05, 3.63) is 35.0 Å². The lowest BCUT2D eigenvalue weighted by Gasteiger charge is -2.07. The SMILES string of the molecule is CC(CN)c1ccc2cc(Cl)oc2c1. The van der Waals surface area contributed by atoms with Gasteiger partial charge >= 0.3 is 0 Å². The molecule has 0 aliphatic carbocycles. The minimum absolute atomic E-state index is 0.350. The van der Waals surface area contributed by atoms with Gasteiger partial charge < -0.3 is 10.2 Å². The molecule has 0 aliphatic heterocycles. The molecule has 0 saturated carbocycles. The summed E-state index contributed by atoms with van der Waals surface area (Å²) < 4.78 is 5.33. The summed E-state index contributed by atoms with van der Waals surface area (Å²) in [6.07, 6.45) is 0. The Morgan fingerprint density at radius 2 is 2.21 bits per heavy atom. The van der Waals surface area contributed by atoms with Gasteiger partial charge in [-0.05, 0) is 35.7 Å². The molecule has 14 heavy (non-hydrogen) atoms. The first-order valence-corrected chi connectivity index (χ1v) is 4.97. The average molecular weight is 210 g/mol. The molecule has 2 rings (SSSR count). The van der Waals surface area contributed by atoms with Gasteiger partial charge in [0.1, 0.15) is 5.58 Å². The van der Waals surface area contributed by atoms with Crippen LogP contribution in [0, 0.1) is 0 Å². The van der Waals surface area contributed by atoms with Gasteiger partial charge in [0.15, 0.2) is 5.22 Å². The number of fused-ring (bicyclic) bond motifs is 1. The molecule has 1 atom stereocenters. The van der Waals surface area contributed by atoms with E-state index in [-0.39, 0.29) is 0 Å². The van der Waals surface area contributed by atoms with Crippen molar-refractivity contribution in [1.82, 2.24) is 0 Å². The third-order valence-electron chi connectivity index (χ3n) is 2.44. The minimum Gasteiger partial charge on any atom is -0.445 e.